The number of carbonyl (C=O) groups is 2. The maximum Gasteiger partial charge on any atom is 0.303 e. The Kier molecular flexibility index (Phi) is 7.87. The Balaban J connectivity index is 2.54. The third kappa shape index (κ3) is 7.10. The highest BCUT2D eigenvalue weighted by molar-refractivity contribution is 7.89. The summed E-state index contributed by atoms with van der Waals surface area (Å²) < 4.78 is 26.6. The van der Waals surface area contributed by atoms with Gasteiger partial charge in [-0.3, -0.25) is 9.59 Å². The summed E-state index contributed by atoms with van der Waals surface area (Å²) in [6.45, 7) is 4.54. The second-order valence-corrected chi connectivity index (χ2v) is 7.64. The largest absolute Gasteiger partial charge is 0.481 e. The van der Waals surface area contributed by atoms with Crippen molar-refractivity contribution in [3.8, 4) is 0 Å². The van der Waals surface area contributed by atoms with Crippen LogP contribution in [0.1, 0.15) is 43.5 Å². The van der Waals surface area contributed by atoms with Gasteiger partial charge in [-0.1, -0.05) is 13.8 Å². The molecule has 0 bridgehead atoms. The molecule has 1 aromatic carbocycles. The first-order chi connectivity index (χ1) is 11.2. The fraction of sp³-hybridized carbons (Fsp3) is 0.500. The second-order valence-electron chi connectivity index (χ2n) is 5.88. The molecule has 0 aromatic heterocycles. The number of nitrogens with one attached hydrogen (secondary N) is 2. The molecule has 0 spiro atoms. The first-order valence-electron chi connectivity index (χ1n) is 7.82. The minimum Gasteiger partial charge on any atom is -0.481 e. The molecule has 8 heteroatoms. The van der Waals surface area contributed by atoms with E-state index in [1.54, 1.807) is 0 Å². The Morgan fingerprint density at radius 1 is 1.12 bits per heavy atom. The third-order valence-electron chi connectivity index (χ3n) is 3.21. The minimum absolute atomic E-state index is 0.0752. The standard InChI is InChI=1S/C16H24N2O5S/c1-12(2)11-18-24(22,23)14-8-6-13(7-9-14)16(21)17-10-4-3-5-15(19)20/h6-9,12,18H,3-5,10-11H2,1-2H3,(H,17,21)(H,19,20). The molecule has 0 aliphatic rings. The van der Waals surface area contributed by atoms with Gasteiger partial charge in [-0.2, -0.15) is 0 Å². The number of hydrogen-bond donors (Lipinski definition) is 3. The highest BCUT2D eigenvalue weighted by Crippen LogP contribution is 2.11. The number of aliphatic carboxylic acids is 1. The number of carbonyl (C=O) groups excluding carboxylic acids is 1. The van der Waals surface area contributed by atoms with Crippen molar-refractivity contribution >= 4 is 21.9 Å². The number of benzene rings is 1. The van der Waals surface area contributed by atoms with E-state index in [1.165, 1.54) is 24.3 Å². The van der Waals surface area contributed by atoms with Crippen molar-refractivity contribution in [1.29, 1.82) is 0 Å². The lowest BCUT2D eigenvalue weighted by molar-refractivity contribution is -0.137. The van der Waals surface area contributed by atoms with Crippen molar-refractivity contribution in [2.45, 2.75) is 38.0 Å². The van der Waals surface area contributed by atoms with E-state index >= 15 is 0 Å². The normalized spacial score (nSPS) is 11.5. The molecule has 0 aliphatic carbocycles. The average Bonchev–Trinajstić information content (AvgIpc) is 2.52. The van der Waals surface area contributed by atoms with Crippen LogP contribution >= 0.6 is 0 Å². The van der Waals surface area contributed by atoms with Crippen molar-refractivity contribution in [3.05, 3.63) is 29.8 Å². The van der Waals surface area contributed by atoms with E-state index in [1.807, 2.05) is 13.8 Å². The van der Waals surface area contributed by atoms with Gasteiger partial charge in [0.2, 0.25) is 10.0 Å². The van der Waals surface area contributed by atoms with Gasteiger partial charge in [0.05, 0.1) is 4.90 Å². The molecule has 0 heterocycles. The summed E-state index contributed by atoms with van der Waals surface area (Å²) in [4.78, 5) is 22.4. The van der Waals surface area contributed by atoms with Gasteiger partial charge in [0.25, 0.3) is 5.91 Å². The Morgan fingerprint density at radius 3 is 2.29 bits per heavy atom. The molecular formula is C16H24N2O5S. The molecule has 1 rings (SSSR count). The maximum atomic E-state index is 12.1. The van der Waals surface area contributed by atoms with Gasteiger partial charge in [0.15, 0.2) is 0 Å². The number of sulfonamides is 1. The third-order valence-corrected chi connectivity index (χ3v) is 4.65. The van der Waals surface area contributed by atoms with Crippen molar-refractivity contribution < 1.29 is 23.1 Å². The summed E-state index contributed by atoms with van der Waals surface area (Å²) in [5.74, 6) is -0.973. The first-order valence-corrected chi connectivity index (χ1v) is 9.30. The highest BCUT2D eigenvalue weighted by Gasteiger charge is 2.15. The van der Waals surface area contributed by atoms with Gasteiger partial charge in [-0.15, -0.1) is 0 Å². The van der Waals surface area contributed by atoms with Crippen LogP contribution in [0.15, 0.2) is 29.2 Å². The fourth-order valence-corrected chi connectivity index (χ4v) is 3.06. The molecule has 0 aliphatic heterocycles. The summed E-state index contributed by atoms with van der Waals surface area (Å²) in [5, 5.41) is 11.2. The topological polar surface area (TPSA) is 113 Å². The predicted molar refractivity (Wildman–Crippen MR) is 90.3 cm³/mol. The van der Waals surface area contributed by atoms with Crippen LogP contribution in [0.25, 0.3) is 0 Å². The van der Waals surface area contributed by atoms with Gasteiger partial charge < -0.3 is 10.4 Å². The predicted octanol–water partition coefficient (Wildman–Crippen LogP) is 1.61. The van der Waals surface area contributed by atoms with E-state index in [9.17, 15) is 18.0 Å². The molecule has 134 valence electrons. The summed E-state index contributed by atoms with van der Waals surface area (Å²) >= 11 is 0. The molecule has 0 fully saturated rings. The smallest absolute Gasteiger partial charge is 0.303 e. The number of amides is 1. The molecule has 24 heavy (non-hydrogen) atoms. The van der Waals surface area contributed by atoms with Crippen LogP contribution in [0.3, 0.4) is 0 Å². The van der Waals surface area contributed by atoms with Crippen LogP contribution in [0.5, 0.6) is 0 Å². The van der Waals surface area contributed by atoms with Crippen LogP contribution in [-0.4, -0.2) is 38.5 Å². The zero-order valence-electron chi connectivity index (χ0n) is 13.9. The van der Waals surface area contributed by atoms with Crippen molar-refractivity contribution in [2.75, 3.05) is 13.1 Å². The monoisotopic (exact) mass is 356 g/mol. The van der Waals surface area contributed by atoms with Crippen LogP contribution in [0.2, 0.25) is 0 Å². The van der Waals surface area contributed by atoms with E-state index in [0.29, 0.717) is 31.5 Å². The van der Waals surface area contributed by atoms with Crippen molar-refractivity contribution in [2.24, 2.45) is 5.92 Å². The zero-order chi connectivity index (χ0) is 18.2. The van der Waals surface area contributed by atoms with Gasteiger partial charge in [0.1, 0.15) is 0 Å². The Hall–Kier alpha value is -1.93. The molecule has 0 saturated heterocycles. The molecule has 0 unspecified atom stereocenters. The first kappa shape index (κ1) is 20.1. The minimum atomic E-state index is -3.57. The molecule has 3 N–H and O–H groups in total. The number of carboxylic acids is 1. The zero-order valence-corrected chi connectivity index (χ0v) is 14.7. The van der Waals surface area contributed by atoms with E-state index in [2.05, 4.69) is 10.0 Å². The van der Waals surface area contributed by atoms with Gasteiger partial charge in [-0.25, -0.2) is 13.1 Å². The summed E-state index contributed by atoms with van der Waals surface area (Å²) in [6.07, 6.45) is 1.14. The van der Waals surface area contributed by atoms with Crippen LogP contribution in [-0.2, 0) is 14.8 Å². The highest BCUT2D eigenvalue weighted by atomic mass is 32.2. The van der Waals surface area contributed by atoms with E-state index in [4.69, 9.17) is 5.11 Å². The number of hydrogen-bond acceptors (Lipinski definition) is 4. The average molecular weight is 356 g/mol. The Morgan fingerprint density at radius 2 is 1.75 bits per heavy atom. The SMILES string of the molecule is CC(C)CNS(=O)(=O)c1ccc(C(=O)NCCCCC(=O)O)cc1. The molecule has 0 radical (unpaired) electrons. The van der Waals surface area contributed by atoms with Crippen LogP contribution < -0.4 is 10.0 Å². The molecular weight excluding hydrogens is 332 g/mol. The van der Waals surface area contributed by atoms with Gasteiger partial charge >= 0.3 is 5.97 Å². The van der Waals surface area contributed by atoms with E-state index in [0.717, 1.165) is 0 Å². The summed E-state index contributed by atoms with van der Waals surface area (Å²) in [5.41, 5.74) is 0.357. The Labute approximate surface area is 142 Å². The Bertz CT molecular complexity index is 654. The maximum absolute atomic E-state index is 12.1. The van der Waals surface area contributed by atoms with Crippen LogP contribution in [0.4, 0.5) is 0 Å². The molecule has 7 nitrogen and oxygen atoms in total. The molecule has 0 atom stereocenters. The van der Waals surface area contributed by atoms with E-state index in [-0.39, 0.29) is 23.1 Å². The summed E-state index contributed by atoms with van der Waals surface area (Å²) in [6, 6.07) is 5.69. The van der Waals surface area contributed by atoms with Gasteiger partial charge in [-0.05, 0) is 43.0 Å². The van der Waals surface area contributed by atoms with Crippen LogP contribution in [0, 0.1) is 5.92 Å². The fourth-order valence-electron chi connectivity index (χ4n) is 1.85. The molecule has 1 amide bonds. The lowest BCUT2D eigenvalue weighted by atomic mass is 10.2. The van der Waals surface area contributed by atoms with Crippen molar-refractivity contribution in [1.82, 2.24) is 10.0 Å². The number of unbranched alkanes of at least 4 members (excludes halogenated alkanes) is 1. The van der Waals surface area contributed by atoms with Gasteiger partial charge in [0, 0.05) is 25.1 Å². The molecule has 1 aromatic rings. The lowest BCUT2D eigenvalue weighted by Gasteiger charge is -2.09. The number of carboxylic acid groups (broad SMARTS) is 1. The van der Waals surface area contributed by atoms with Crippen molar-refractivity contribution in [3.63, 3.8) is 0 Å². The lowest BCUT2D eigenvalue weighted by Crippen LogP contribution is -2.28. The molecule has 0 saturated carbocycles. The quantitative estimate of drug-likeness (QED) is 0.551. The van der Waals surface area contributed by atoms with E-state index < -0.39 is 16.0 Å². The number of rotatable bonds is 10. The summed E-state index contributed by atoms with van der Waals surface area (Å²) in [7, 11) is -3.57. The second kappa shape index (κ2) is 9.39.